The molecule has 2 nitrogen and oxygen atoms in total. The molecular formula is C11H16N2. The summed E-state index contributed by atoms with van der Waals surface area (Å²) in [7, 11) is 0. The molecule has 1 heterocycles. The quantitative estimate of drug-likeness (QED) is 0.676. The number of hydrogen-bond acceptors (Lipinski definition) is 1. The minimum absolute atomic E-state index is 0.497. The summed E-state index contributed by atoms with van der Waals surface area (Å²) in [4.78, 5) is 4.39. The standard InChI is InChI=1S/C11H16N2/c1-3-9-12-4-5-13(9)11-6-10(2,7-11)8-11/h4-5H,3,6-8H2,1-2H3. The van der Waals surface area contributed by atoms with Crippen molar-refractivity contribution < 1.29 is 0 Å². The molecule has 1 aromatic rings. The van der Waals surface area contributed by atoms with Crippen molar-refractivity contribution in [3.05, 3.63) is 18.2 Å². The summed E-state index contributed by atoms with van der Waals surface area (Å²) in [6.45, 7) is 4.59. The molecule has 1 aromatic heterocycles. The Morgan fingerprint density at radius 2 is 2.15 bits per heavy atom. The van der Waals surface area contributed by atoms with Gasteiger partial charge in [0.2, 0.25) is 0 Å². The van der Waals surface area contributed by atoms with E-state index in [0.717, 1.165) is 6.42 Å². The molecule has 13 heavy (non-hydrogen) atoms. The summed E-state index contributed by atoms with van der Waals surface area (Å²) >= 11 is 0. The highest BCUT2D eigenvalue weighted by Gasteiger charge is 2.66. The Hall–Kier alpha value is -0.790. The number of imidazole rings is 1. The Morgan fingerprint density at radius 1 is 1.46 bits per heavy atom. The number of aryl methyl sites for hydroxylation is 1. The van der Waals surface area contributed by atoms with Crippen LogP contribution in [0.5, 0.6) is 0 Å². The van der Waals surface area contributed by atoms with E-state index in [0.29, 0.717) is 11.0 Å². The Kier molecular flexibility index (Phi) is 1.17. The van der Waals surface area contributed by atoms with Crippen LogP contribution in [0.2, 0.25) is 0 Å². The highest BCUT2D eigenvalue weighted by atomic mass is 15.2. The van der Waals surface area contributed by atoms with Crippen molar-refractivity contribution in [3.8, 4) is 0 Å². The van der Waals surface area contributed by atoms with Gasteiger partial charge in [-0.15, -0.1) is 0 Å². The first-order chi connectivity index (χ1) is 6.18. The van der Waals surface area contributed by atoms with Crippen molar-refractivity contribution in [1.82, 2.24) is 9.55 Å². The molecule has 3 fully saturated rings. The molecule has 3 saturated carbocycles. The van der Waals surface area contributed by atoms with Gasteiger partial charge in [-0.1, -0.05) is 13.8 Å². The Morgan fingerprint density at radius 3 is 2.69 bits per heavy atom. The zero-order valence-corrected chi connectivity index (χ0v) is 8.38. The van der Waals surface area contributed by atoms with Crippen molar-refractivity contribution in [2.24, 2.45) is 5.41 Å². The summed E-state index contributed by atoms with van der Waals surface area (Å²) < 4.78 is 2.43. The average molecular weight is 176 g/mol. The third kappa shape index (κ3) is 0.767. The molecule has 3 aliphatic rings. The molecular weight excluding hydrogens is 160 g/mol. The van der Waals surface area contributed by atoms with Crippen LogP contribution in [0.1, 0.15) is 38.9 Å². The second kappa shape index (κ2) is 1.99. The van der Waals surface area contributed by atoms with Crippen LogP contribution in [0.15, 0.2) is 12.4 Å². The van der Waals surface area contributed by atoms with Gasteiger partial charge in [-0.3, -0.25) is 0 Å². The number of nitrogens with zero attached hydrogens (tertiary/aromatic N) is 2. The molecule has 2 bridgehead atoms. The van der Waals surface area contributed by atoms with Crippen molar-refractivity contribution >= 4 is 0 Å². The summed E-state index contributed by atoms with van der Waals surface area (Å²) in [6.07, 6.45) is 9.31. The lowest BCUT2D eigenvalue weighted by molar-refractivity contribution is -0.175. The largest absolute Gasteiger partial charge is 0.329 e. The molecule has 2 heteroatoms. The van der Waals surface area contributed by atoms with Crippen LogP contribution in [0.25, 0.3) is 0 Å². The van der Waals surface area contributed by atoms with Gasteiger partial charge in [0, 0.05) is 24.4 Å². The zero-order chi connectivity index (χ0) is 9.10. The molecule has 0 radical (unpaired) electrons. The van der Waals surface area contributed by atoms with Gasteiger partial charge >= 0.3 is 0 Å². The SMILES string of the molecule is CCc1nccn1C12CC(C)(C1)C2. The topological polar surface area (TPSA) is 17.8 Å². The summed E-state index contributed by atoms with van der Waals surface area (Å²) in [5.74, 6) is 1.27. The van der Waals surface area contributed by atoms with Crippen molar-refractivity contribution in [2.75, 3.05) is 0 Å². The zero-order valence-electron chi connectivity index (χ0n) is 8.38. The first kappa shape index (κ1) is 7.60. The third-order valence-corrected chi connectivity index (χ3v) is 3.81. The number of aromatic nitrogens is 2. The first-order valence-electron chi connectivity index (χ1n) is 5.20. The van der Waals surface area contributed by atoms with Crippen LogP contribution in [0, 0.1) is 5.41 Å². The fraction of sp³-hybridized carbons (Fsp3) is 0.727. The van der Waals surface area contributed by atoms with E-state index < -0.39 is 0 Å². The Balaban J connectivity index is 1.94. The van der Waals surface area contributed by atoms with Crippen LogP contribution in [0.3, 0.4) is 0 Å². The molecule has 0 N–H and O–H groups in total. The van der Waals surface area contributed by atoms with Gasteiger partial charge < -0.3 is 4.57 Å². The van der Waals surface area contributed by atoms with E-state index in [1.165, 1.54) is 25.1 Å². The molecule has 3 aliphatic carbocycles. The fourth-order valence-electron chi connectivity index (χ4n) is 3.51. The van der Waals surface area contributed by atoms with Gasteiger partial charge in [0.25, 0.3) is 0 Å². The maximum atomic E-state index is 4.39. The van der Waals surface area contributed by atoms with Crippen LogP contribution < -0.4 is 0 Å². The van der Waals surface area contributed by atoms with E-state index in [2.05, 4.69) is 29.6 Å². The number of rotatable bonds is 2. The average Bonchev–Trinajstić information content (AvgIpc) is 2.43. The highest BCUT2D eigenvalue weighted by molar-refractivity contribution is 5.21. The Bertz CT molecular complexity index is 331. The van der Waals surface area contributed by atoms with Crippen molar-refractivity contribution in [2.45, 2.75) is 45.1 Å². The Labute approximate surface area is 79.0 Å². The lowest BCUT2D eigenvalue weighted by Gasteiger charge is -2.70. The van der Waals surface area contributed by atoms with E-state index >= 15 is 0 Å². The van der Waals surface area contributed by atoms with Gasteiger partial charge in [0.15, 0.2) is 0 Å². The fourth-order valence-corrected chi connectivity index (χ4v) is 3.51. The lowest BCUT2D eigenvalue weighted by atomic mass is 9.40. The molecule has 0 unspecified atom stereocenters. The van der Waals surface area contributed by atoms with Crippen molar-refractivity contribution in [1.29, 1.82) is 0 Å². The minimum atomic E-state index is 0.497. The highest BCUT2D eigenvalue weighted by Crippen LogP contribution is 2.71. The van der Waals surface area contributed by atoms with Crippen LogP contribution in [-0.2, 0) is 12.0 Å². The van der Waals surface area contributed by atoms with E-state index in [4.69, 9.17) is 0 Å². The molecule has 4 rings (SSSR count). The van der Waals surface area contributed by atoms with E-state index in [9.17, 15) is 0 Å². The monoisotopic (exact) mass is 176 g/mol. The van der Waals surface area contributed by atoms with E-state index in [1.807, 2.05) is 6.20 Å². The molecule has 0 saturated heterocycles. The molecule has 0 aliphatic heterocycles. The maximum absolute atomic E-state index is 4.39. The molecule has 0 amide bonds. The van der Waals surface area contributed by atoms with Crippen molar-refractivity contribution in [3.63, 3.8) is 0 Å². The van der Waals surface area contributed by atoms with Crippen LogP contribution in [0.4, 0.5) is 0 Å². The van der Waals surface area contributed by atoms with Gasteiger partial charge in [-0.05, 0) is 24.7 Å². The smallest absolute Gasteiger partial charge is 0.108 e. The van der Waals surface area contributed by atoms with Crippen LogP contribution in [-0.4, -0.2) is 9.55 Å². The second-order valence-corrected chi connectivity index (χ2v) is 5.13. The van der Waals surface area contributed by atoms with Gasteiger partial charge in [-0.25, -0.2) is 4.98 Å². The van der Waals surface area contributed by atoms with Crippen LogP contribution >= 0.6 is 0 Å². The normalized spacial score (nSPS) is 41.1. The maximum Gasteiger partial charge on any atom is 0.108 e. The molecule has 0 atom stereocenters. The summed E-state index contributed by atoms with van der Waals surface area (Å²) in [5.41, 5.74) is 1.19. The molecule has 70 valence electrons. The number of hydrogen-bond donors (Lipinski definition) is 0. The predicted octanol–water partition coefficient (Wildman–Crippen LogP) is 2.34. The lowest BCUT2D eigenvalue weighted by Crippen LogP contribution is -2.66. The predicted molar refractivity (Wildman–Crippen MR) is 51.5 cm³/mol. The molecule has 0 spiro atoms. The van der Waals surface area contributed by atoms with Gasteiger partial charge in [0.05, 0.1) is 0 Å². The molecule has 0 aromatic carbocycles. The summed E-state index contributed by atoms with van der Waals surface area (Å²) in [5, 5.41) is 0. The van der Waals surface area contributed by atoms with Gasteiger partial charge in [0.1, 0.15) is 5.82 Å². The van der Waals surface area contributed by atoms with Gasteiger partial charge in [-0.2, -0.15) is 0 Å². The minimum Gasteiger partial charge on any atom is -0.329 e. The van der Waals surface area contributed by atoms with E-state index in [-0.39, 0.29) is 0 Å². The van der Waals surface area contributed by atoms with E-state index in [1.54, 1.807) is 0 Å². The first-order valence-corrected chi connectivity index (χ1v) is 5.20. The second-order valence-electron chi connectivity index (χ2n) is 5.13. The summed E-state index contributed by atoms with van der Waals surface area (Å²) in [6, 6.07) is 0. The third-order valence-electron chi connectivity index (χ3n) is 3.81.